The fourth-order valence-electron chi connectivity index (χ4n) is 4.01. The van der Waals surface area contributed by atoms with Crippen LogP contribution in [0.25, 0.3) is 0 Å². The van der Waals surface area contributed by atoms with Gasteiger partial charge in [0, 0.05) is 49.8 Å². The molecule has 2 aromatic heterocycles. The van der Waals surface area contributed by atoms with Crippen molar-refractivity contribution in [3.05, 3.63) is 41.9 Å². The second-order valence-corrected chi connectivity index (χ2v) is 8.52. The van der Waals surface area contributed by atoms with Crippen LogP contribution in [0.5, 0.6) is 6.01 Å². The number of carbonyl (C=O) groups excluding carboxylic acids is 1. The van der Waals surface area contributed by atoms with Crippen LogP contribution in [0.3, 0.4) is 0 Å². The predicted molar refractivity (Wildman–Crippen MR) is 121 cm³/mol. The van der Waals surface area contributed by atoms with Crippen LogP contribution < -0.4 is 10.1 Å². The smallest absolute Gasteiger partial charge is 0.320 e. The number of nitrogens with one attached hydrogen (secondary N) is 1. The Labute approximate surface area is 193 Å². The summed E-state index contributed by atoms with van der Waals surface area (Å²) in [5.74, 6) is 0.707. The first-order chi connectivity index (χ1) is 16.0. The second kappa shape index (κ2) is 10.5. The lowest BCUT2D eigenvalue weighted by Crippen LogP contribution is -2.36. The lowest BCUT2D eigenvalue weighted by molar-refractivity contribution is -0.138. The molecule has 1 aliphatic carbocycles. The van der Waals surface area contributed by atoms with Crippen molar-refractivity contribution in [1.82, 2.24) is 24.8 Å². The standard InChI is InChI=1S/C23H30N6O4/c1-33-22-25-14-17(15-26-22)19(12-21(30)31)29-11-10-28(23(29)32)9-3-5-18-4-2-6-20(27-18)24-13-16-7-8-16/h2,4,6,14-16,19H,3,5,7-13H2,1H3,(H,24,27)(H,30,31)/t19-/m0/s1. The summed E-state index contributed by atoms with van der Waals surface area (Å²) in [6.45, 7) is 2.59. The number of urea groups is 1. The van der Waals surface area contributed by atoms with Gasteiger partial charge < -0.3 is 25.0 Å². The minimum Gasteiger partial charge on any atom is -0.481 e. The summed E-state index contributed by atoms with van der Waals surface area (Å²) in [4.78, 5) is 40.7. The molecule has 0 unspecified atom stereocenters. The van der Waals surface area contributed by atoms with E-state index in [2.05, 4.69) is 20.3 Å². The van der Waals surface area contributed by atoms with Crippen LogP contribution >= 0.6 is 0 Å². The Kier molecular flexibility index (Phi) is 7.21. The van der Waals surface area contributed by atoms with E-state index in [-0.39, 0.29) is 18.5 Å². The number of hydrogen-bond acceptors (Lipinski definition) is 7. The van der Waals surface area contributed by atoms with Gasteiger partial charge in [-0.3, -0.25) is 4.79 Å². The molecule has 33 heavy (non-hydrogen) atoms. The summed E-state index contributed by atoms with van der Waals surface area (Å²) < 4.78 is 4.97. The highest BCUT2D eigenvalue weighted by Gasteiger charge is 2.35. The summed E-state index contributed by atoms with van der Waals surface area (Å²) in [6, 6.07) is 5.41. The number of nitrogens with zero attached hydrogens (tertiary/aromatic N) is 5. The van der Waals surface area contributed by atoms with Crippen LogP contribution in [-0.2, 0) is 11.2 Å². The number of pyridine rings is 1. The summed E-state index contributed by atoms with van der Waals surface area (Å²) >= 11 is 0. The Balaban J connectivity index is 1.32. The van der Waals surface area contributed by atoms with Crippen molar-refractivity contribution in [2.75, 3.05) is 38.6 Å². The Morgan fingerprint density at radius 1 is 1.27 bits per heavy atom. The number of carbonyl (C=O) groups is 2. The molecule has 176 valence electrons. The molecular formula is C23H30N6O4. The van der Waals surface area contributed by atoms with Crippen molar-refractivity contribution in [3.63, 3.8) is 0 Å². The van der Waals surface area contributed by atoms with E-state index in [1.54, 1.807) is 9.80 Å². The molecule has 2 fully saturated rings. The molecule has 2 aromatic rings. The SMILES string of the molecule is COc1ncc([C@H](CC(=O)O)N2CCN(CCCc3cccc(NCC4CC4)n3)C2=O)cn1. The lowest BCUT2D eigenvalue weighted by atomic mass is 10.1. The van der Waals surface area contributed by atoms with E-state index in [0.29, 0.717) is 25.2 Å². The number of aryl methyl sites for hydroxylation is 1. The number of anilines is 1. The van der Waals surface area contributed by atoms with Gasteiger partial charge in [-0.05, 0) is 43.7 Å². The zero-order valence-corrected chi connectivity index (χ0v) is 18.8. The van der Waals surface area contributed by atoms with Crippen LogP contribution in [0.15, 0.2) is 30.6 Å². The number of amides is 2. The maximum absolute atomic E-state index is 13.0. The number of hydrogen-bond donors (Lipinski definition) is 2. The first kappa shape index (κ1) is 22.8. The number of methoxy groups -OCH3 is 1. The first-order valence-electron chi connectivity index (χ1n) is 11.4. The van der Waals surface area contributed by atoms with Gasteiger partial charge in [0.2, 0.25) is 0 Å². The molecule has 2 N–H and O–H groups in total. The number of carboxylic acid groups (broad SMARTS) is 1. The van der Waals surface area contributed by atoms with Crippen molar-refractivity contribution < 1.29 is 19.4 Å². The van der Waals surface area contributed by atoms with Crippen LogP contribution in [0.2, 0.25) is 0 Å². The maximum Gasteiger partial charge on any atom is 0.320 e. The van der Waals surface area contributed by atoms with E-state index in [1.807, 2.05) is 18.2 Å². The molecule has 0 spiro atoms. The Bertz CT molecular complexity index is 966. The van der Waals surface area contributed by atoms with Gasteiger partial charge in [0.25, 0.3) is 0 Å². The summed E-state index contributed by atoms with van der Waals surface area (Å²) in [5, 5.41) is 12.8. The molecule has 4 rings (SSSR count). The minimum atomic E-state index is -0.983. The van der Waals surface area contributed by atoms with Crippen molar-refractivity contribution in [2.24, 2.45) is 5.92 Å². The molecule has 1 saturated heterocycles. The number of aromatic nitrogens is 3. The molecule has 2 aliphatic rings. The largest absolute Gasteiger partial charge is 0.481 e. The topological polar surface area (TPSA) is 121 Å². The molecule has 1 aliphatic heterocycles. The van der Waals surface area contributed by atoms with E-state index in [4.69, 9.17) is 4.74 Å². The van der Waals surface area contributed by atoms with E-state index in [1.165, 1.54) is 32.3 Å². The zero-order chi connectivity index (χ0) is 23.2. The summed E-state index contributed by atoms with van der Waals surface area (Å²) in [5.41, 5.74) is 1.58. The molecule has 0 bridgehead atoms. The van der Waals surface area contributed by atoms with Gasteiger partial charge in [-0.15, -0.1) is 0 Å². The molecule has 10 nitrogen and oxygen atoms in total. The molecule has 0 radical (unpaired) electrons. The molecule has 2 amide bonds. The fourth-order valence-corrected chi connectivity index (χ4v) is 4.01. The van der Waals surface area contributed by atoms with E-state index in [9.17, 15) is 14.7 Å². The normalized spacial score (nSPS) is 16.7. The average molecular weight is 455 g/mol. The quantitative estimate of drug-likeness (QED) is 0.502. The highest BCUT2D eigenvalue weighted by Crippen LogP contribution is 2.29. The second-order valence-electron chi connectivity index (χ2n) is 8.52. The van der Waals surface area contributed by atoms with Crippen molar-refractivity contribution in [2.45, 2.75) is 38.1 Å². The van der Waals surface area contributed by atoms with Crippen LogP contribution in [0, 0.1) is 5.92 Å². The van der Waals surface area contributed by atoms with Gasteiger partial charge in [0.05, 0.1) is 19.6 Å². The number of rotatable bonds is 12. The highest BCUT2D eigenvalue weighted by atomic mass is 16.5. The monoisotopic (exact) mass is 454 g/mol. The third-order valence-electron chi connectivity index (χ3n) is 6.02. The van der Waals surface area contributed by atoms with Gasteiger partial charge in [-0.2, -0.15) is 0 Å². The maximum atomic E-state index is 13.0. The van der Waals surface area contributed by atoms with Crippen molar-refractivity contribution in [1.29, 1.82) is 0 Å². The summed E-state index contributed by atoms with van der Waals surface area (Å²) in [6.07, 6.45) is 6.98. The zero-order valence-electron chi connectivity index (χ0n) is 18.8. The Hall–Kier alpha value is -3.43. The molecule has 1 saturated carbocycles. The number of aliphatic carboxylic acids is 1. The lowest BCUT2D eigenvalue weighted by Gasteiger charge is -2.27. The molecule has 0 aromatic carbocycles. The van der Waals surface area contributed by atoms with E-state index >= 15 is 0 Å². The van der Waals surface area contributed by atoms with E-state index in [0.717, 1.165) is 36.8 Å². The van der Waals surface area contributed by atoms with Crippen LogP contribution in [-0.4, -0.2) is 75.1 Å². The Morgan fingerprint density at radius 3 is 2.76 bits per heavy atom. The van der Waals surface area contributed by atoms with Gasteiger partial charge in [-0.1, -0.05) is 6.07 Å². The van der Waals surface area contributed by atoms with Gasteiger partial charge in [-0.25, -0.2) is 19.7 Å². The fraction of sp³-hybridized carbons (Fsp3) is 0.522. The van der Waals surface area contributed by atoms with Gasteiger partial charge in [0.15, 0.2) is 0 Å². The van der Waals surface area contributed by atoms with Crippen molar-refractivity contribution >= 4 is 17.8 Å². The Morgan fingerprint density at radius 2 is 2.06 bits per heavy atom. The third kappa shape index (κ3) is 6.09. The van der Waals surface area contributed by atoms with Crippen LogP contribution in [0.4, 0.5) is 10.6 Å². The number of ether oxygens (including phenoxy) is 1. The number of carboxylic acids is 1. The molecule has 10 heteroatoms. The van der Waals surface area contributed by atoms with E-state index < -0.39 is 12.0 Å². The molecule has 1 atom stereocenters. The predicted octanol–water partition coefficient (Wildman–Crippen LogP) is 2.59. The third-order valence-corrected chi connectivity index (χ3v) is 6.02. The van der Waals surface area contributed by atoms with Crippen molar-refractivity contribution in [3.8, 4) is 6.01 Å². The highest BCUT2D eigenvalue weighted by molar-refractivity contribution is 5.78. The molecule has 3 heterocycles. The van der Waals surface area contributed by atoms with Crippen LogP contribution in [0.1, 0.15) is 43.0 Å². The summed E-state index contributed by atoms with van der Waals surface area (Å²) in [7, 11) is 1.46. The molecular weight excluding hydrogens is 424 g/mol. The van der Waals surface area contributed by atoms with Gasteiger partial charge in [0.1, 0.15) is 5.82 Å². The first-order valence-corrected chi connectivity index (χ1v) is 11.4. The van der Waals surface area contributed by atoms with Gasteiger partial charge >= 0.3 is 18.0 Å². The minimum absolute atomic E-state index is 0.162. The average Bonchev–Trinajstić information content (AvgIpc) is 3.59.